The van der Waals surface area contributed by atoms with Gasteiger partial charge < -0.3 is 5.11 Å². The summed E-state index contributed by atoms with van der Waals surface area (Å²) in [7, 11) is 0. The van der Waals surface area contributed by atoms with Crippen LogP contribution in [0.4, 0.5) is 0 Å². The quantitative estimate of drug-likeness (QED) is 0.581. The molecule has 0 unspecified atom stereocenters. The first kappa shape index (κ1) is 9.44. The van der Waals surface area contributed by atoms with E-state index in [1.165, 1.54) is 5.57 Å². The molecule has 0 fully saturated rings. The second-order valence-electron chi connectivity index (χ2n) is 2.39. The largest absolute Gasteiger partial charge is 0.396 e. The summed E-state index contributed by atoms with van der Waals surface area (Å²) in [5.74, 6) is 0. The van der Waals surface area contributed by atoms with Gasteiger partial charge in [-0.05, 0) is 26.2 Å². The van der Waals surface area contributed by atoms with E-state index < -0.39 is 0 Å². The Morgan fingerprint density at radius 3 is 2.70 bits per heavy atom. The van der Waals surface area contributed by atoms with Gasteiger partial charge >= 0.3 is 0 Å². The van der Waals surface area contributed by atoms with Crippen LogP contribution >= 0.6 is 0 Å². The molecule has 1 nitrogen and oxygen atoms in total. The van der Waals surface area contributed by atoms with Gasteiger partial charge in [0.15, 0.2) is 0 Å². The molecule has 58 valence electrons. The normalized spacial score (nSPS) is 11.6. The van der Waals surface area contributed by atoms with Crippen molar-refractivity contribution in [1.82, 2.24) is 0 Å². The summed E-state index contributed by atoms with van der Waals surface area (Å²) < 4.78 is 0. The van der Waals surface area contributed by atoms with Crippen LogP contribution in [0.3, 0.4) is 0 Å². The molecule has 0 aromatic heterocycles. The fraction of sp³-hybridized carbons (Fsp3) is 0.556. The predicted molar refractivity (Wildman–Crippen MR) is 44.9 cm³/mol. The van der Waals surface area contributed by atoms with Gasteiger partial charge in [-0.1, -0.05) is 17.7 Å². The van der Waals surface area contributed by atoms with Crippen LogP contribution < -0.4 is 0 Å². The first-order valence-corrected chi connectivity index (χ1v) is 3.68. The van der Waals surface area contributed by atoms with Crippen molar-refractivity contribution in [2.45, 2.75) is 26.2 Å². The van der Waals surface area contributed by atoms with Crippen LogP contribution in [0.5, 0.6) is 0 Å². The van der Waals surface area contributed by atoms with Gasteiger partial charge in [-0.25, -0.2) is 0 Å². The highest BCUT2D eigenvalue weighted by atomic mass is 16.2. The highest BCUT2D eigenvalue weighted by molar-refractivity contribution is 4.98. The van der Waals surface area contributed by atoms with E-state index in [0.717, 1.165) is 19.3 Å². The van der Waals surface area contributed by atoms with Crippen LogP contribution in [0.25, 0.3) is 0 Å². The Hall–Kier alpha value is -0.560. The Kier molecular flexibility index (Phi) is 6.19. The molecular formula is C9H16O. The van der Waals surface area contributed by atoms with Gasteiger partial charge in [-0.2, -0.15) is 0 Å². The zero-order chi connectivity index (χ0) is 7.82. The van der Waals surface area contributed by atoms with E-state index in [-0.39, 0.29) is 6.61 Å². The summed E-state index contributed by atoms with van der Waals surface area (Å²) in [6.45, 7) is 5.97. The van der Waals surface area contributed by atoms with Crippen molar-refractivity contribution in [3.05, 3.63) is 24.3 Å². The molecule has 0 rings (SSSR count). The first-order chi connectivity index (χ1) is 4.81. The summed E-state index contributed by atoms with van der Waals surface area (Å²) in [6, 6.07) is 0. The molecular weight excluding hydrogens is 124 g/mol. The van der Waals surface area contributed by atoms with Crippen LogP contribution in [0.1, 0.15) is 26.2 Å². The summed E-state index contributed by atoms with van der Waals surface area (Å²) in [5, 5.41) is 8.48. The number of allylic oxidation sites excluding steroid dienone is 2. The van der Waals surface area contributed by atoms with Crippen LogP contribution in [-0.4, -0.2) is 11.7 Å². The van der Waals surface area contributed by atoms with Crippen molar-refractivity contribution < 1.29 is 5.11 Å². The molecule has 0 saturated heterocycles. The second-order valence-corrected chi connectivity index (χ2v) is 2.39. The first-order valence-electron chi connectivity index (χ1n) is 3.68. The van der Waals surface area contributed by atoms with Crippen molar-refractivity contribution in [3.63, 3.8) is 0 Å². The van der Waals surface area contributed by atoms with Crippen molar-refractivity contribution in [2.24, 2.45) is 0 Å². The summed E-state index contributed by atoms with van der Waals surface area (Å²) >= 11 is 0. The third-order valence-corrected chi connectivity index (χ3v) is 1.36. The molecule has 0 aromatic rings. The minimum atomic E-state index is 0.255. The summed E-state index contributed by atoms with van der Waals surface area (Å²) in [5.41, 5.74) is 1.34. The fourth-order valence-corrected chi connectivity index (χ4v) is 0.743. The fourth-order valence-electron chi connectivity index (χ4n) is 0.743. The van der Waals surface area contributed by atoms with E-state index in [4.69, 9.17) is 5.11 Å². The lowest BCUT2D eigenvalue weighted by atomic mass is 10.1. The Labute approximate surface area is 63.1 Å². The van der Waals surface area contributed by atoms with Gasteiger partial charge in [0.2, 0.25) is 0 Å². The standard InChI is InChI=1S/C9H16O/c1-3-4-6-9(2)7-5-8-10/h3,7,10H,1,4-6,8H2,2H3/b9-7+. The average Bonchev–Trinajstić information content (AvgIpc) is 1.97. The van der Waals surface area contributed by atoms with Crippen LogP contribution in [0, 0.1) is 0 Å². The van der Waals surface area contributed by atoms with E-state index in [1.54, 1.807) is 0 Å². The monoisotopic (exact) mass is 140 g/mol. The minimum absolute atomic E-state index is 0.255. The van der Waals surface area contributed by atoms with E-state index in [0.29, 0.717) is 0 Å². The maximum absolute atomic E-state index is 8.48. The van der Waals surface area contributed by atoms with Crippen molar-refractivity contribution in [3.8, 4) is 0 Å². The molecule has 10 heavy (non-hydrogen) atoms. The maximum atomic E-state index is 8.48. The lowest BCUT2D eigenvalue weighted by molar-refractivity contribution is 0.302. The molecule has 0 radical (unpaired) electrons. The van der Waals surface area contributed by atoms with Gasteiger partial charge in [0.05, 0.1) is 0 Å². The topological polar surface area (TPSA) is 20.2 Å². The number of aliphatic hydroxyl groups is 1. The predicted octanol–water partition coefficient (Wildman–Crippen LogP) is 2.28. The number of hydrogen-bond donors (Lipinski definition) is 1. The molecule has 0 aromatic carbocycles. The maximum Gasteiger partial charge on any atom is 0.0465 e. The number of hydrogen-bond acceptors (Lipinski definition) is 1. The Morgan fingerprint density at radius 2 is 2.20 bits per heavy atom. The van der Waals surface area contributed by atoms with Crippen molar-refractivity contribution in [2.75, 3.05) is 6.61 Å². The molecule has 0 bridgehead atoms. The van der Waals surface area contributed by atoms with E-state index >= 15 is 0 Å². The van der Waals surface area contributed by atoms with Crippen molar-refractivity contribution >= 4 is 0 Å². The van der Waals surface area contributed by atoms with Gasteiger partial charge in [0, 0.05) is 6.61 Å². The van der Waals surface area contributed by atoms with Crippen LogP contribution in [0.15, 0.2) is 24.3 Å². The molecule has 0 amide bonds. The third-order valence-electron chi connectivity index (χ3n) is 1.36. The van der Waals surface area contributed by atoms with Gasteiger partial charge in [-0.15, -0.1) is 6.58 Å². The Bertz CT molecular complexity index is 114. The molecule has 0 aliphatic carbocycles. The van der Waals surface area contributed by atoms with E-state index in [9.17, 15) is 0 Å². The lowest BCUT2D eigenvalue weighted by Gasteiger charge is -1.95. The molecule has 0 heterocycles. The van der Waals surface area contributed by atoms with E-state index in [2.05, 4.69) is 19.6 Å². The van der Waals surface area contributed by atoms with Gasteiger partial charge in [0.25, 0.3) is 0 Å². The lowest BCUT2D eigenvalue weighted by Crippen LogP contribution is -1.80. The van der Waals surface area contributed by atoms with Crippen molar-refractivity contribution in [1.29, 1.82) is 0 Å². The zero-order valence-corrected chi connectivity index (χ0v) is 6.64. The summed E-state index contributed by atoms with van der Waals surface area (Å²) in [6.07, 6.45) is 6.88. The Morgan fingerprint density at radius 1 is 1.50 bits per heavy atom. The average molecular weight is 140 g/mol. The number of aliphatic hydroxyl groups excluding tert-OH is 1. The SMILES string of the molecule is C=CCC/C(C)=C/CCO. The Balaban J connectivity index is 3.38. The second kappa shape index (κ2) is 6.56. The molecule has 1 heteroatoms. The highest BCUT2D eigenvalue weighted by Crippen LogP contribution is 2.04. The van der Waals surface area contributed by atoms with Gasteiger partial charge in [0.1, 0.15) is 0 Å². The third kappa shape index (κ3) is 5.57. The minimum Gasteiger partial charge on any atom is -0.396 e. The summed E-state index contributed by atoms with van der Waals surface area (Å²) in [4.78, 5) is 0. The molecule has 0 aliphatic heterocycles. The van der Waals surface area contributed by atoms with Gasteiger partial charge in [-0.3, -0.25) is 0 Å². The smallest absolute Gasteiger partial charge is 0.0465 e. The molecule has 0 spiro atoms. The molecule has 0 saturated carbocycles. The molecule has 0 aliphatic rings. The highest BCUT2D eigenvalue weighted by Gasteiger charge is 1.85. The van der Waals surface area contributed by atoms with Crippen LogP contribution in [-0.2, 0) is 0 Å². The molecule has 1 N–H and O–H groups in total. The van der Waals surface area contributed by atoms with E-state index in [1.807, 2.05) is 6.08 Å². The molecule has 0 atom stereocenters. The van der Waals surface area contributed by atoms with Crippen LogP contribution in [0.2, 0.25) is 0 Å². The number of rotatable bonds is 5. The zero-order valence-electron chi connectivity index (χ0n) is 6.64.